The molecule has 0 rings (SSSR count). The largest absolute Gasteiger partial charge is 0.327 e. The maximum absolute atomic E-state index is 11.0. The molecular weight excluding hydrogens is 117 g/mol. The molecule has 0 aliphatic heterocycles. The Balaban J connectivity index is 0. The predicted octanol–water partition coefficient (Wildman–Crippen LogP) is 0.893. The van der Waals surface area contributed by atoms with E-state index in [1.165, 1.54) is 6.08 Å². The molecule has 0 aliphatic carbocycles. The zero-order valence-corrected chi connectivity index (χ0v) is 4.75. The van der Waals surface area contributed by atoms with Crippen LogP contribution in [0.4, 0.5) is 4.39 Å². The highest BCUT2D eigenvalue weighted by Gasteiger charge is 1.62. The smallest absolute Gasteiger partial charge is 0.108 e. The molecule has 0 aliphatic rings. The molecule has 0 aromatic rings. The van der Waals surface area contributed by atoms with Gasteiger partial charge in [0.25, 0.3) is 0 Å². The molecule has 0 aromatic carbocycles. The first-order chi connectivity index (χ1) is 2.91. The second kappa shape index (κ2) is 9.33. The van der Waals surface area contributed by atoms with Gasteiger partial charge in [-0.3, -0.25) is 0 Å². The summed E-state index contributed by atoms with van der Waals surface area (Å²) in [6.07, 6.45) is 2.97. The third-order valence-electron chi connectivity index (χ3n) is 0.392. The van der Waals surface area contributed by atoms with Crippen LogP contribution in [0, 0.1) is 0 Å². The molecule has 44 valence electrons. The van der Waals surface area contributed by atoms with E-state index in [4.69, 9.17) is 5.73 Å². The summed E-state index contributed by atoms with van der Waals surface area (Å²) in [7, 11) is 0. The molecule has 0 radical (unpaired) electrons. The first-order valence-electron chi connectivity index (χ1n) is 1.83. The van der Waals surface area contributed by atoms with Gasteiger partial charge in [-0.2, -0.15) is 0 Å². The van der Waals surface area contributed by atoms with Gasteiger partial charge in [-0.05, 0) is 0 Å². The average molecular weight is 126 g/mol. The van der Waals surface area contributed by atoms with Crippen LogP contribution in [0.25, 0.3) is 0 Å². The third kappa shape index (κ3) is 10.7. The van der Waals surface area contributed by atoms with Crippen LogP contribution < -0.4 is 5.73 Å². The van der Waals surface area contributed by atoms with Crippen molar-refractivity contribution in [2.45, 2.75) is 0 Å². The fourth-order valence-corrected chi connectivity index (χ4v) is 0.159. The molecule has 0 fully saturated rings. The van der Waals surface area contributed by atoms with Gasteiger partial charge in [-0.25, -0.2) is 4.39 Å². The molecule has 0 saturated carbocycles. The Morgan fingerprint density at radius 3 is 2.14 bits per heavy atom. The zero-order valence-electron chi connectivity index (χ0n) is 3.93. The van der Waals surface area contributed by atoms with Crippen LogP contribution in [0.1, 0.15) is 0 Å². The van der Waals surface area contributed by atoms with Gasteiger partial charge < -0.3 is 5.73 Å². The molecule has 2 N–H and O–H groups in total. The lowest BCUT2D eigenvalue weighted by molar-refractivity contribution is 0.561. The number of hydrogen-bond acceptors (Lipinski definition) is 1. The Morgan fingerprint density at radius 2 is 2.00 bits per heavy atom. The quantitative estimate of drug-likeness (QED) is 0.545. The normalized spacial score (nSPS) is 8.86. The zero-order chi connectivity index (χ0) is 4.83. The summed E-state index contributed by atoms with van der Waals surface area (Å²) < 4.78 is 11.0. The molecule has 0 unspecified atom stereocenters. The van der Waals surface area contributed by atoms with Crippen LogP contribution in [0.15, 0.2) is 12.2 Å². The first-order valence-corrected chi connectivity index (χ1v) is 1.83. The molecule has 0 saturated heterocycles. The molecule has 0 spiro atoms. The Bertz CT molecular complexity index is 41.0. The van der Waals surface area contributed by atoms with Gasteiger partial charge in [0.05, 0.1) is 0 Å². The van der Waals surface area contributed by atoms with Crippen molar-refractivity contribution in [3.05, 3.63) is 12.2 Å². The third-order valence-corrected chi connectivity index (χ3v) is 0.392. The summed E-state index contributed by atoms with van der Waals surface area (Å²) >= 11 is 0. The van der Waals surface area contributed by atoms with Gasteiger partial charge in [0.1, 0.15) is 6.67 Å². The maximum atomic E-state index is 11.0. The highest BCUT2D eigenvalue weighted by molar-refractivity contribution is 5.85. The van der Waals surface area contributed by atoms with E-state index in [2.05, 4.69) is 0 Å². The van der Waals surface area contributed by atoms with E-state index in [1.54, 1.807) is 6.08 Å². The average Bonchev–Trinajstić information content (AvgIpc) is 1.61. The summed E-state index contributed by atoms with van der Waals surface area (Å²) in [5.74, 6) is 0. The lowest BCUT2D eigenvalue weighted by Gasteiger charge is -1.71. The number of hydrogen-bond donors (Lipinski definition) is 1. The van der Waals surface area contributed by atoms with E-state index < -0.39 is 6.67 Å². The van der Waals surface area contributed by atoms with Gasteiger partial charge in [-0.15, -0.1) is 12.4 Å². The minimum absolute atomic E-state index is 0. The molecule has 7 heavy (non-hydrogen) atoms. The standard InChI is InChI=1S/C4H8FN.ClH/c5-3-1-2-4-6;/h1-2H,3-4,6H2;1H. The minimum Gasteiger partial charge on any atom is -0.327 e. The highest BCUT2D eigenvalue weighted by atomic mass is 35.5. The summed E-state index contributed by atoms with van der Waals surface area (Å²) in [5, 5.41) is 0. The van der Waals surface area contributed by atoms with Crippen LogP contribution in [-0.2, 0) is 0 Å². The van der Waals surface area contributed by atoms with Gasteiger partial charge >= 0.3 is 0 Å². The summed E-state index contributed by atoms with van der Waals surface area (Å²) in [6.45, 7) is 0.0289. The lowest BCUT2D eigenvalue weighted by Crippen LogP contribution is -1.91. The lowest BCUT2D eigenvalue weighted by atomic mass is 10.5. The molecule has 0 aromatic heterocycles. The van der Waals surface area contributed by atoms with Crippen molar-refractivity contribution in [1.82, 2.24) is 0 Å². The minimum atomic E-state index is -0.406. The molecule has 1 nitrogen and oxygen atoms in total. The topological polar surface area (TPSA) is 26.0 Å². The predicted molar refractivity (Wildman–Crippen MR) is 31.4 cm³/mol. The van der Waals surface area contributed by atoms with E-state index >= 15 is 0 Å². The van der Waals surface area contributed by atoms with Crippen LogP contribution in [0.5, 0.6) is 0 Å². The number of allylic oxidation sites excluding steroid dienone is 1. The van der Waals surface area contributed by atoms with Crippen molar-refractivity contribution in [3.8, 4) is 0 Å². The Kier molecular flexibility index (Phi) is 13.3. The second-order valence-corrected chi connectivity index (χ2v) is 0.861. The van der Waals surface area contributed by atoms with Crippen molar-refractivity contribution >= 4 is 12.4 Å². The van der Waals surface area contributed by atoms with Crippen molar-refractivity contribution in [2.24, 2.45) is 5.73 Å². The Hall–Kier alpha value is -0.0800. The van der Waals surface area contributed by atoms with E-state index in [0.29, 0.717) is 6.54 Å². The van der Waals surface area contributed by atoms with E-state index in [9.17, 15) is 4.39 Å². The maximum Gasteiger partial charge on any atom is 0.108 e. The van der Waals surface area contributed by atoms with Gasteiger partial charge in [0, 0.05) is 6.54 Å². The van der Waals surface area contributed by atoms with Crippen molar-refractivity contribution in [3.63, 3.8) is 0 Å². The fraction of sp³-hybridized carbons (Fsp3) is 0.500. The van der Waals surface area contributed by atoms with E-state index in [1.807, 2.05) is 0 Å². The Morgan fingerprint density at radius 1 is 1.43 bits per heavy atom. The number of rotatable bonds is 2. The molecule has 0 bridgehead atoms. The molecule has 0 heterocycles. The van der Waals surface area contributed by atoms with Crippen LogP contribution >= 0.6 is 12.4 Å². The van der Waals surface area contributed by atoms with Crippen LogP contribution in [0.2, 0.25) is 0 Å². The Labute approximate surface area is 48.8 Å². The monoisotopic (exact) mass is 125 g/mol. The van der Waals surface area contributed by atoms with Crippen molar-refractivity contribution < 1.29 is 4.39 Å². The van der Waals surface area contributed by atoms with E-state index in [0.717, 1.165) is 0 Å². The van der Waals surface area contributed by atoms with Crippen LogP contribution in [-0.4, -0.2) is 13.2 Å². The molecular formula is C4H9ClFN. The fourth-order valence-electron chi connectivity index (χ4n) is 0.159. The van der Waals surface area contributed by atoms with Gasteiger partial charge in [0.15, 0.2) is 0 Å². The number of halogens is 2. The van der Waals surface area contributed by atoms with Crippen LogP contribution in [0.3, 0.4) is 0 Å². The van der Waals surface area contributed by atoms with Gasteiger partial charge in [0.2, 0.25) is 0 Å². The molecule has 0 atom stereocenters. The van der Waals surface area contributed by atoms with E-state index in [-0.39, 0.29) is 12.4 Å². The number of nitrogens with two attached hydrogens (primary N) is 1. The SMILES string of the molecule is Cl.NCC=CCF. The van der Waals surface area contributed by atoms with Crippen molar-refractivity contribution in [2.75, 3.05) is 13.2 Å². The molecule has 3 heteroatoms. The molecule has 0 amide bonds. The second-order valence-electron chi connectivity index (χ2n) is 0.861. The highest BCUT2D eigenvalue weighted by Crippen LogP contribution is 1.67. The summed E-state index contributed by atoms with van der Waals surface area (Å²) in [5.41, 5.74) is 4.96. The van der Waals surface area contributed by atoms with Crippen molar-refractivity contribution in [1.29, 1.82) is 0 Å². The number of alkyl halides is 1. The summed E-state index contributed by atoms with van der Waals surface area (Å²) in [4.78, 5) is 0. The first kappa shape index (κ1) is 10.0. The summed E-state index contributed by atoms with van der Waals surface area (Å²) in [6, 6.07) is 0. The van der Waals surface area contributed by atoms with Gasteiger partial charge in [-0.1, -0.05) is 12.2 Å².